The molecular weight excluding hydrogens is 520 g/mol. The summed E-state index contributed by atoms with van der Waals surface area (Å²) < 4.78 is 0. The van der Waals surface area contributed by atoms with E-state index in [4.69, 9.17) is 46.4 Å². The number of nitrogens with one attached hydrogen (secondary N) is 2. The molecule has 4 rings (SSSR count). The lowest BCUT2D eigenvalue weighted by molar-refractivity contribution is -0.120. The SMILES string of the molecule is Cc1ccc(NC(=O)c2cccc(NC3=C(Cl)C(=O)N(c4cc(Cl)cc(Cl)c4)C3=O)c2)cc1Cl. The summed E-state index contributed by atoms with van der Waals surface area (Å²) >= 11 is 24.3. The molecule has 3 aromatic carbocycles. The molecule has 0 unspecified atom stereocenters. The van der Waals surface area contributed by atoms with Crippen molar-refractivity contribution in [2.24, 2.45) is 0 Å². The van der Waals surface area contributed by atoms with E-state index in [2.05, 4.69) is 10.6 Å². The van der Waals surface area contributed by atoms with E-state index in [0.717, 1.165) is 10.5 Å². The molecule has 10 heteroatoms. The Balaban J connectivity index is 1.55. The molecule has 0 aliphatic carbocycles. The van der Waals surface area contributed by atoms with Crippen LogP contribution in [-0.4, -0.2) is 17.7 Å². The Morgan fingerprint density at radius 1 is 0.824 bits per heavy atom. The first-order valence-electron chi connectivity index (χ1n) is 9.83. The van der Waals surface area contributed by atoms with Gasteiger partial charge in [0.2, 0.25) is 0 Å². The van der Waals surface area contributed by atoms with Crippen LogP contribution >= 0.6 is 46.4 Å². The highest BCUT2D eigenvalue weighted by molar-refractivity contribution is 6.53. The molecule has 6 nitrogen and oxygen atoms in total. The average Bonchev–Trinajstić information content (AvgIpc) is 2.99. The highest BCUT2D eigenvalue weighted by atomic mass is 35.5. The van der Waals surface area contributed by atoms with E-state index in [9.17, 15) is 14.4 Å². The summed E-state index contributed by atoms with van der Waals surface area (Å²) in [6.45, 7) is 1.86. The fourth-order valence-electron chi connectivity index (χ4n) is 3.27. The van der Waals surface area contributed by atoms with Crippen LogP contribution in [0.2, 0.25) is 15.1 Å². The Morgan fingerprint density at radius 3 is 2.21 bits per heavy atom. The average molecular weight is 535 g/mol. The number of hydrogen-bond donors (Lipinski definition) is 2. The first kappa shape index (κ1) is 24.1. The number of imide groups is 1. The third-order valence-electron chi connectivity index (χ3n) is 4.96. The van der Waals surface area contributed by atoms with Gasteiger partial charge in [-0.25, -0.2) is 4.90 Å². The number of aryl methyl sites for hydroxylation is 1. The van der Waals surface area contributed by atoms with Gasteiger partial charge in [0.05, 0.1) is 5.69 Å². The minimum absolute atomic E-state index is 0.134. The first-order valence-corrected chi connectivity index (χ1v) is 11.3. The van der Waals surface area contributed by atoms with Gasteiger partial charge in [0.15, 0.2) is 0 Å². The molecule has 1 heterocycles. The molecule has 0 saturated heterocycles. The van der Waals surface area contributed by atoms with Crippen molar-refractivity contribution >= 4 is 81.2 Å². The fourth-order valence-corrected chi connectivity index (χ4v) is 4.18. The molecule has 0 saturated carbocycles. The van der Waals surface area contributed by atoms with Gasteiger partial charge in [-0.1, -0.05) is 58.5 Å². The number of halogens is 4. The monoisotopic (exact) mass is 533 g/mol. The molecule has 3 aromatic rings. The standard InChI is InChI=1S/C24H15Cl4N3O3/c1-12-5-6-17(11-19(12)27)30-22(32)13-3-2-4-16(7-13)29-21-20(28)23(33)31(24(21)34)18-9-14(25)8-15(26)10-18/h2-11,29H,1H3,(H,30,32). The zero-order chi connectivity index (χ0) is 24.6. The highest BCUT2D eigenvalue weighted by Crippen LogP contribution is 2.33. The van der Waals surface area contributed by atoms with Crippen molar-refractivity contribution < 1.29 is 14.4 Å². The van der Waals surface area contributed by atoms with Crippen LogP contribution in [-0.2, 0) is 9.59 Å². The maximum Gasteiger partial charge on any atom is 0.283 e. The van der Waals surface area contributed by atoms with Crippen molar-refractivity contribution in [2.75, 3.05) is 15.5 Å². The van der Waals surface area contributed by atoms with E-state index in [-0.39, 0.29) is 32.4 Å². The van der Waals surface area contributed by atoms with E-state index < -0.39 is 11.8 Å². The summed E-state index contributed by atoms with van der Waals surface area (Å²) in [6.07, 6.45) is 0. The predicted octanol–water partition coefficient (Wildman–Crippen LogP) is 6.64. The molecule has 2 N–H and O–H groups in total. The Kier molecular flexibility index (Phi) is 6.86. The van der Waals surface area contributed by atoms with Crippen LogP contribution in [0.3, 0.4) is 0 Å². The molecule has 172 valence electrons. The van der Waals surface area contributed by atoms with Crippen LogP contribution in [0, 0.1) is 6.92 Å². The van der Waals surface area contributed by atoms with E-state index in [0.29, 0.717) is 22.0 Å². The van der Waals surface area contributed by atoms with Gasteiger partial charge in [0, 0.05) is 32.0 Å². The summed E-state index contributed by atoms with van der Waals surface area (Å²) in [7, 11) is 0. The summed E-state index contributed by atoms with van der Waals surface area (Å²) in [5, 5.41) is 6.36. The van der Waals surface area contributed by atoms with Crippen molar-refractivity contribution in [1.29, 1.82) is 0 Å². The molecule has 1 aliphatic heterocycles. The molecule has 34 heavy (non-hydrogen) atoms. The van der Waals surface area contributed by atoms with Crippen LogP contribution < -0.4 is 15.5 Å². The Morgan fingerprint density at radius 2 is 1.53 bits per heavy atom. The molecule has 0 spiro atoms. The Labute approximate surface area is 215 Å². The van der Waals surface area contributed by atoms with Crippen molar-refractivity contribution in [3.8, 4) is 0 Å². The predicted molar refractivity (Wildman–Crippen MR) is 136 cm³/mol. The van der Waals surface area contributed by atoms with Crippen molar-refractivity contribution in [3.63, 3.8) is 0 Å². The molecule has 0 radical (unpaired) electrons. The van der Waals surface area contributed by atoms with Gasteiger partial charge in [0.1, 0.15) is 10.7 Å². The van der Waals surface area contributed by atoms with Crippen LogP contribution in [0.15, 0.2) is 71.4 Å². The molecular formula is C24H15Cl4N3O3. The molecule has 0 bridgehead atoms. The lowest BCUT2D eigenvalue weighted by Crippen LogP contribution is -2.32. The smallest absolute Gasteiger partial charge is 0.283 e. The van der Waals surface area contributed by atoms with Crippen LogP contribution in [0.25, 0.3) is 0 Å². The topological polar surface area (TPSA) is 78.5 Å². The quantitative estimate of drug-likeness (QED) is 0.359. The minimum atomic E-state index is -0.724. The zero-order valence-electron chi connectivity index (χ0n) is 17.5. The van der Waals surface area contributed by atoms with E-state index >= 15 is 0 Å². The number of hydrogen-bond acceptors (Lipinski definition) is 4. The van der Waals surface area contributed by atoms with Crippen molar-refractivity contribution in [1.82, 2.24) is 0 Å². The normalized spacial score (nSPS) is 13.5. The minimum Gasteiger partial charge on any atom is -0.350 e. The number of nitrogens with zero attached hydrogens (tertiary/aromatic N) is 1. The van der Waals surface area contributed by atoms with Gasteiger partial charge in [-0.15, -0.1) is 0 Å². The van der Waals surface area contributed by atoms with Gasteiger partial charge in [0.25, 0.3) is 17.7 Å². The highest BCUT2D eigenvalue weighted by Gasteiger charge is 2.39. The molecule has 3 amide bonds. The third-order valence-corrected chi connectivity index (χ3v) is 6.15. The molecule has 0 fully saturated rings. The lowest BCUT2D eigenvalue weighted by atomic mass is 10.1. The maximum absolute atomic E-state index is 13.0. The lowest BCUT2D eigenvalue weighted by Gasteiger charge is -2.16. The first-order chi connectivity index (χ1) is 16.1. The van der Waals surface area contributed by atoms with Crippen LogP contribution in [0.4, 0.5) is 17.1 Å². The maximum atomic E-state index is 13.0. The number of amides is 3. The van der Waals surface area contributed by atoms with Gasteiger partial charge >= 0.3 is 0 Å². The Hall–Kier alpha value is -3.03. The zero-order valence-corrected chi connectivity index (χ0v) is 20.5. The number of benzene rings is 3. The number of carbonyl (C=O) groups excluding carboxylic acids is 3. The molecule has 0 atom stereocenters. The number of rotatable bonds is 5. The third kappa shape index (κ3) is 4.91. The summed E-state index contributed by atoms with van der Waals surface area (Å²) in [4.78, 5) is 39.3. The fraction of sp³-hybridized carbons (Fsp3) is 0.0417. The summed E-state index contributed by atoms with van der Waals surface area (Å²) in [6, 6.07) is 15.9. The molecule has 1 aliphatic rings. The van der Waals surface area contributed by atoms with Crippen LogP contribution in [0.5, 0.6) is 0 Å². The van der Waals surface area contributed by atoms with E-state index in [1.165, 1.54) is 24.3 Å². The summed E-state index contributed by atoms with van der Waals surface area (Å²) in [5.41, 5.74) is 2.18. The second-order valence-corrected chi connectivity index (χ2v) is 9.04. The van der Waals surface area contributed by atoms with Gasteiger partial charge in [-0.05, 0) is 61.0 Å². The number of anilines is 3. The Bertz CT molecular complexity index is 1370. The van der Waals surface area contributed by atoms with Crippen molar-refractivity contribution in [3.05, 3.63) is 97.6 Å². The largest absolute Gasteiger partial charge is 0.350 e. The van der Waals surface area contributed by atoms with E-state index in [1.54, 1.807) is 36.4 Å². The van der Waals surface area contributed by atoms with Crippen LogP contribution in [0.1, 0.15) is 15.9 Å². The van der Waals surface area contributed by atoms with Gasteiger partial charge in [-0.2, -0.15) is 0 Å². The summed E-state index contributed by atoms with van der Waals surface area (Å²) in [5.74, 6) is -1.79. The second-order valence-electron chi connectivity index (χ2n) is 7.39. The van der Waals surface area contributed by atoms with Gasteiger partial charge in [-0.3, -0.25) is 14.4 Å². The number of carbonyl (C=O) groups is 3. The molecule has 0 aromatic heterocycles. The van der Waals surface area contributed by atoms with Crippen molar-refractivity contribution in [2.45, 2.75) is 6.92 Å². The van der Waals surface area contributed by atoms with E-state index in [1.807, 2.05) is 6.92 Å². The van der Waals surface area contributed by atoms with Gasteiger partial charge < -0.3 is 10.6 Å². The second kappa shape index (κ2) is 9.68.